The number of rotatable bonds is 0. The van der Waals surface area contributed by atoms with Crippen LogP contribution in [0.1, 0.15) is 5.56 Å². The molecule has 1 aromatic carbocycles. The number of aryl methyl sites for hydroxylation is 2. The van der Waals surface area contributed by atoms with E-state index in [1.807, 2.05) is 13.0 Å². The van der Waals surface area contributed by atoms with Crippen LogP contribution in [0.25, 0.3) is 10.9 Å². The Bertz CT molecular complexity index is 607. The van der Waals surface area contributed by atoms with Gasteiger partial charge in [0.15, 0.2) is 0 Å². The second kappa shape index (κ2) is 2.83. The Morgan fingerprint density at radius 3 is 2.71 bits per heavy atom. The summed E-state index contributed by atoms with van der Waals surface area (Å²) < 4.78 is 5.87. The highest BCUT2D eigenvalue weighted by molar-refractivity contribution is 5.80. The predicted octanol–water partition coefficient (Wildman–Crippen LogP) is 0.800. The van der Waals surface area contributed by atoms with Crippen LogP contribution in [0.2, 0.25) is 0 Å². The fourth-order valence-corrected chi connectivity index (χ4v) is 1.56. The Morgan fingerprint density at radius 2 is 2.00 bits per heavy atom. The number of hydrogen-bond donors (Lipinski definition) is 0. The summed E-state index contributed by atoms with van der Waals surface area (Å²) in [5.41, 5.74) is 0.940. The van der Waals surface area contributed by atoms with Crippen LogP contribution in [-0.2, 0) is 7.05 Å². The van der Waals surface area contributed by atoms with Crippen LogP contribution < -0.4 is 11.4 Å². The van der Waals surface area contributed by atoms with Gasteiger partial charge in [-0.25, -0.2) is 9.59 Å². The zero-order valence-corrected chi connectivity index (χ0v) is 7.90. The Morgan fingerprint density at radius 1 is 1.29 bits per heavy atom. The first-order valence-corrected chi connectivity index (χ1v) is 4.20. The second-order valence-electron chi connectivity index (χ2n) is 3.19. The number of aromatic nitrogens is 1. The van der Waals surface area contributed by atoms with Gasteiger partial charge >= 0.3 is 11.4 Å². The smallest absolute Gasteiger partial charge is 0.372 e. The fraction of sp³-hybridized carbons (Fsp3) is 0.200. The van der Waals surface area contributed by atoms with Gasteiger partial charge in [-0.2, -0.15) is 0 Å². The van der Waals surface area contributed by atoms with Crippen LogP contribution in [-0.4, -0.2) is 4.57 Å². The molecule has 2 rings (SSSR count). The van der Waals surface area contributed by atoms with Gasteiger partial charge in [-0.3, -0.25) is 4.57 Å². The Hall–Kier alpha value is -1.84. The zero-order chi connectivity index (χ0) is 10.3. The van der Waals surface area contributed by atoms with Crippen molar-refractivity contribution in [2.75, 3.05) is 0 Å². The third-order valence-corrected chi connectivity index (χ3v) is 2.25. The van der Waals surface area contributed by atoms with Crippen molar-refractivity contribution in [3.05, 3.63) is 44.7 Å². The van der Waals surface area contributed by atoms with Crippen molar-refractivity contribution in [2.24, 2.45) is 7.05 Å². The quantitative estimate of drug-likeness (QED) is 0.618. The topological polar surface area (TPSA) is 52.2 Å². The molecular weight excluding hydrogens is 182 g/mol. The molecule has 4 nitrogen and oxygen atoms in total. The average Bonchev–Trinajstić information content (AvgIpc) is 2.14. The third kappa shape index (κ3) is 1.08. The van der Waals surface area contributed by atoms with Gasteiger partial charge in [0.2, 0.25) is 0 Å². The molecule has 0 bridgehead atoms. The Labute approximate surface area is 79.4 Å². The van der Waals surface area contributed by atoms with E-state index >= 15 is 0 Å². The van der Waals surface area contributed by atoms with Gasteiger partial charge in [0, 0.05) is 7.05 Å². The lowest BCUT2D eigenvalue weighted by Crippen LogP contribution is -2.22. The molecule has 1 aromatic heterocycles. The molecule has 0 aliphatic heterocycles. The van der Waals surface area contributed by atoms with Crippen LogP contribution in [0.3, 0.4) is 0 Å². The number of para-hydroxylation sites is 1. The maximum atomic E-state index is 11.3. The molecule has 0 unspecified atom stereocenters. The average molecular weight is 191 g/mol. The monoisotopic (exact) mass is 191 g/mol. The van der Waals surface area contributed by atoms with E-state index in [4.69, 9.17) is 0 Å². The molecule has 2 aromatic rings. The molecule has 0 radical (unpaired) electrons. The van der Waals surface area contributed by atoms with Gasteiger partial charge in [-0.1, -0.05) is 12.1 Å². The van der Waals surface area contributed by atoms with Crippen molar-refractivity contribution in [2.45, 2.75) is 6.92 Å². The molecule has 0 N–H and O–H groups in total. The number of hydrogen-bond acceptors (Lipinski definition) is 3. The lowest BCUT2D eigenvalue weighted by molar-refractivity contribution is 0.432. The van der Waals surface area contributed by atoms with E-state index in [-0.39, 0.29) is 0 Å². The maximum Gasteiger partial charge on any atom is 0.422 e. The van der Waals surface area contributed by atoms with Crippen LogP contribution in [0.5, 0.6) is 0 Å². The summed E-state index contributed by atoms with van der Waals surface area (Å²) in [5, 5.41) is 0.437. The molecular formula is C10H9NO3. The summed E-state index contributed by atoms with van der Waals surface area (Å²) in [6, 6.07) is 5.26. The lowest BCUT2D eigenvalue weighted by Gasteiger charge is -2.04. The van der Waals surface area contributed by atoms with E-state index in [0.29, 0.717) is 10.9 Å². The fourth-order valence-electron chi connectivity index (χ4n) is 1.56. The zero-order valence-electron chi connectivity index (χ0n) is 7.90. The molecule has 0 spiro atoms. The van der Waals surface area contributed by atoms with Crippen molar-refractivity contribution in [3.63, 3.8) is 0 Å². The third-order valence-electron chi connectivity index (χ3n) is 2.25. The van der Waals surface area contributed by atoms with E-state index < -0.39 is 11.4 Å². The van der Waals surface area contributed by atoms with Crippen molar-refractivity contribution in [3.8, 4) is 0 Å². The second-order valence-corrected chi connectivity index (χ2v) is 3.19. The highest BCUT2D eigenvalue weighted by Crippen LogP contribution is 2.11. The number of benzene rings is 1. The van der Waals surface area contributed by atoms with E-state index in [1.54, 1.807) is 19.2 Å². The summed E-state index contributed by atoms with van der Waals surface area (Å²) >= 11 is 0. The number of fused-ring (bicyclic) bond motifs is 1. The first kappa shape index (κ1) is 8.74. The Balaban J connectivity index is 3.19. The minimum Gasteiger partial charge on any atom is -0.372 e. The summed E-state index contributed by atoms with van der Waals surface area (Å²) in [5.74, 6) is -0.628. The summed E-state index contributed by atoms with van der Waals surface area (Å²) in [4.78, 5) is 22.5. The summed E-state index contributed by atoms with van der Waals surface area (Å²) in [7, 11) is 1.58. The minimum absolute atomic E-state index is 0.437. The molecule has 0 fully saturated rings. The molecule has 14 heavy (non-hydrogen) atoms. The van der Waals surface area contributed by atoms with E-state index in [2.05, 4.69) is 4.42 Å². The highest BCUT2D eigenvalue weighted by Gasteiger charge is 2.07. The molecule has 0 saturated heterocycles. The molecule has 0 saturated carbocycles. The summed E-state index contributed by atoms with van der Waals surface area (Å²) in [6.45, 7) is 1.85. The van der Waals surface area contributed by atoms with Gasteiger partial charge in [0.05, 0.1) is 10.9 Å². The largest absolute Gasteiger partial charge is 0.422 e. The maximum absolute atomic E-state index is 11.3. The molecule has 4 heteroatoms. The van der Waals surface area contributed by atoms with Gasteiger partial charge in [0.25, 0.3) is 0 Å². The molecule has 1 heterocycles. The van der Waals surface area contributed by atoms with Crippen molar-refractivity contribution in [1.29, 1.82) is 0 Å². The van der Waals surface area contributed by atoms with Crippen molar-refractivity contribution >= 4 is 10.9 Å². The van der Waals surface area contributed by atoms with Crippen LogP contribution in [0.4, 0.5) is 0 Å². The van der Waals surface area contributed by atoms with E-state index in [0.717, 1.165) is 5.56 Å². The van der Waals surface area contributed by atoms with Gasteiger partial charge < -0.3 is 4.42 Å². The first-order valence-electron chi connectivity index (χ1n) is 4.20. The molecule has 0 aliphatic rings. The molecule has 0 atom stereocenters. The summed E-state index contributed by atoms with van der Waals surface area (Å²) in [6.07, 6.45) is 0. The minimum atomic E-state index is -0.628. The predicted molar refractivity (Wildman–Crippen MR) is 52.5 cm³/mol. The number of nitrogens with zero attached hydrogens (tertiary/aromatic N) is 1. The van der Waals surface area contributed by atoms with Gasteiger partial charge in [-0.05, 0) is 18.6 Å². The highest BCUT2D eigenvalue weighted by atomic mass is 16.4. The molecule has 0 aliphatic carbocycles. The molecule has 0 amide bonds. The standard InChI is InChI=1S/C10H9NO3/c1-6-4-3-5-7-8(6)11(2)10(13)14-9(7)12/h3-5H,1-2H3. The van der Waals surface area contributed by atoms with Gasteiger partial charge in [-0.15, -0.1) is 0 Å². The Kier molecular flexibility index (Phi) is 1.77. The van der Waals surface area contributed by atoms with Gasteiger partial charge in [0.1, 0.15) is 0 Å². The van der Waals surface area contributed by atoms with Crippen LogP contribution in [0.15, 0.2) is 32.2 Å². The normalized spacial score (nSPS) is 10.7. The van der Waals surface area contributed by atoms with Crippen LogP contribution in [0, 0.1) is 6.92 Å². The van der Waals surface area contributed by atoms with E-state index in [9.17, 15) is 9.59 Å². The lowest BCUT2D eigenvalue weighted by atomic mass is 10.1. The van der Waals surface area contributed by atoms with Crippen molar-refractivity contribution in [1.82, 2.24) is 4.57 Å². The van der Waals surface area contributed by atoms with Crippen molar-refractivity contribution < 1.29 is 4.42 Å². The first-order chi connectivity index (χ1) is 6.61. The van der Waals surface area contributed by atoms with Crippen LogP contribution >= 0.6 is 0 Å². The SMILES string of the molecule is Cc1cccc2c(=O)oc(=O)n(C)c12. The molecule has 72 valence electrons. The van der Waals surface area contributed by atoms with E-state index in [1.165, 1.54) is 4.57 Å².